The lowest BCUT2D eigenvalue weighted by Crippen LogP contribution is -2.21. The molecule has 6 heteroatoms. The Morgan fingerprint density at radius 3 is 2.24 bits per heavy atom. The second-order valence-corrected chi connectivity index (χ2v) is 7.83. The summed E-state index contributed by atoms with van der Waals surface area (Å²) in [5.41, 5.74) is 2.63. The number of nitrogens with zero attached hydrogens (tertiary/aromatic N) is 2. The number of thioether (sulfide) groups is 2. The maximum atomic E-state index is 11.1. The van der Waals surface area contributed by atoms with E-state index in [2.05, 4.69) is 6.92 Å². The number of aliphatic carboxylic acids is 1. The van der Waals surface area contributed by atoms with Crippen molar-refractivity contribution in [2.24, 2.45) is 0 Å². The molecule has 116 valence electrons. The Bertz CT molecular complexity index is 497. The van der Waals surface area contributed by atoms with Crippen molar-refractivity contribution in [2.45, 2.75) is 50.5 Å². The molecule has 21 heavy (non-hydrogen) atoms. The maximum Gasteiger partial charge on any atom is 0.307 e. The third-order valence-electron chi connectivity index (χ3n) is 3.64. The van der Waals surface area contributed by atoms with Gasteiger partial charge in [-0.25, -0.2) is 9.97 Å². The van der Waals surface area contributed by atoms with E-state index in [-0.39, 0.29) is 6.42 Å². The molecule has 0 bridgehead atoms. The van der Waals surface area contributed by atoms with Crippen molar-refractivity contribution < 1.29 is 9.90 Å². The lowest BCUT2D eigenvalue weighted by atomic mass is 10.0. The van der Waals surface area contributed by atoms with E-state index in [4.69, 9.17) is 15.1 Å². The molecule has 1 aromatic rings. The number of carboxylic acid groups (broad SMARTS) is 1. The molecule has 0 saturated carbocycles. The first-order valence-electron chi connectivity index (χ1n) is 7.40. The third kappa shape index (κ3) is 3.92. The van der Waals surface area contributed by atoms with Gasteiger partial charge in [0.2, 0.25) is 0 Å². The van der Waals surface area contributed by atoms with Crippen LogP contribution in [0, 0.1) is 0 Å². The predicted octanol–water partition coefficient (Wildman–Crippen LogP) is 3.14. The zero-order chi connectivity index (χ0) is 15.4. The van der Waals surface area contributed by atoms with E-state index < -0.39 is 5.97 Å². The van der Waals surface area contributed by atoms with Crippen LogP contribution in [0.5, 0.6) is 0 Å². The molecule has 4 nitrogen and oxygen atoms in total. The number of hydrogen-bond acceptors (Lipinski definition) is 5. The van der Waals surface area contributed by atoms with Gasteiger partial charge in [0.05, 0.1) is 11.7 Å². The molecule has 1 fully saturated rings. The SMILES string of the molecule is CCc1nc(C2SCCSC2C)nc(CC)c1CC(=O)O. The molecule has 1 aliphatic heterocycles. The summed E-state index contributed by atoms with van der Waals surface area (Å²) >= 11 is 3.89. The summed E-state index contributed by atoms with van der Waals surface area (Å²) in [5, 5.41) is 9.92. The Kier molecular flexibility index (Phi) is 5.93. The van der Waals surface area contributed by atoms with Gasteiger partial charge >= 0.3 is 5.97 Å². The van der Waals surface area contributed by atoms with E-state index in [0.717, 1.165) is 41.4 Å². The van der Waals surface area contributed by atoms with Crippen molar-refractivity contribution in [2.75, 3.05) is 11.5 Å². The van der Waals surface area contributed by atoms with Crippen LogP contribution in [-0.2, 0) is 24.1 Å². The van der Waals surface area contributed by atoms with Gasteiger partial charge in [0.15, 0.2) is 0 Å². The van der Waals surface area contributed by atoms with Crippen LogP contribution in [0.3, 0.4) is 0 Å². The van der Waals surface area contributed by atoms with Gasteiger partial charge in [-0.1, -0.05) is 20.8 Å². The molecule has 2 unspecified atom stereocenters. The van der Waals surface area contributed by atoms with Gasteiger partial charge in [-0.15, -0.1) is 11.8 Å². The molecule has 2 atom stereocenters. The molecule has 2 heterocycles. The van der Waals surface area contributed by atoms with Crippen molar-refractivity contribution in [3.8, 4) is 0 Å². The van der Waals surface area contributed by atoms with Gasteiger partial charge in [0.25, 0.3) is 0 Å². The van der Waals surface area contributed by atoms with Crippen LogP contribution in [0.2, 0.25) is 0 Å². The summed E-state index contributed by atoms with van der Waals surface area (Å²) in [6, 6.07) is 0. The normalized spacial score (nSPS) is 22.2. The average Bonchev–Trinajstić information content (AvgIpc) is 2.47. The van der Waals surface area contributed by atoms with Gasteiger partial charge in [0.1, 0.15) is 5.82 Å². The van der Waals surface area contributed by atoms with Crippen LogP contribution in [0.1, 0.15) is 48.8 Å². The van der Waals surface area contributed by atoms with E-state index in [1.165, 1.54) is 5.75 Å². The van der Waals surface area contributed by atoms with Crippen molar-refractivity contribution in [1.29, 1.82) is 0 Å². The van der Waals surface area contributed by atoms with Crippen LogP contribution in [0.4, 0.5) is 0 Å². The minimum atomic E-state index is -0.813. The van der Waals surface area contributed by atoms with Gasteiger partial charge in [-0.05, 0) is 12.8 Å². The Morgan fingerprint density at radius 1 is 1.19 bits per heavy atom. The summed E-state index contributed by atoms with van der Waals surface area (Å²) < 4.78 is 0. The smallest absolute Gasteiger partial charge is 0.307 e. The minimum Gasteiger partial charge on any atom is -0.481 e. The Labute approximate surface area is 134 Å². The highest BCUT2D eigenvalue weighted by Crippen LogP contribution is 2.41. The number of hydrogen-bond donors (Lipinski definition) is 1. The third-order valence-corrected chi connectivity index (χ3v) is 6.72. The number of aromatic nitrogens is 2. The van der Waals surface area contributed by atoms with Crippen LogP contribution in [0.25, 0.3) is 0 Å². The lowest BCUT2D eigenvalue weighted by Gasteiger charge is -2.27. The molecule has 0 aliphatic carbocycles. The van der Waals surface area contributed by atoms with Gasteiger partial charge < -0.3 is 5.11 Å². The first kappa shape index (κ1) is 16.6. The van der Waals surface area contributed by atoms with E-state index in [9.17, 15) is 4.79 Å². The summed E-state index contributed by atoms with van der Waals surface area (Å²) in [5.74, 6) is 2.39. The van der Waals surface area contributed by atoms with Crippen molar-refractivity contribution in [1.82, 2.24) is 9.97 Å². The summed E-state index contributed by atoms with van der Waals surface area (Å²) in [7, 11) is 0. The largest absolute Gasteiger partial charge is 0.481 e. The van der Waals surface area contributed by atoms with Gasteiger partial charge in [0, 0.05) is 33.7 Å². The molecule has 0 spiro atoms. The van der Waals surface area contributed by atoms with Crippen LogP contribution in [0.15, 0.2) is 0 Å². The monoisotopic (exact) mass is 326 g/mol. The molecular formula is C15H22N2O2S2. The minimum absolute atomic E-state index is 0.0226. The molecule has 1 aromatic heterocycles. The Balaban J connectivity index is 2.41. The molecule has 1 N–H and O–H groups in total. The molecule has 0 amide bonds. The molecule has 1 saturated heterocycles. The summed E-state index contributed by atoms with van der Waals surface area (Å²) in [4.78, 5) is 20.5. The number of carbonyl (C=O) groups is 1. The number of carboxylic acids is 1. The molecular weight excluding hydrogens is 304 g/mol. The summed E-state index contributed by atoms with van der Waals surface area (Å²) in [6.07, 6.45) is 1.53. The fourth-order valence-electron chi connectivity index (χ4n) is 2.59. The van der Waals surface area contributed by atoms with Crippen molar-refractivity contribution in [3.05, 3.63) is 22.8 Å². The van der Waals surface area contributed by atoms with Crippen LogP contribution in [-0.4, -0.2) is 37.8 Å². The van der Waals surface area contributed by atoms with Crippen LogP contribution < -0.4 is 0 Å². The topological polar surface area (TPSA) is 63.1 Å². The maximum absolute atomic E-state index is 11.1. The highest BCUT2D eigenvalue weighted by Gasteiger charge is 2.28. The highest BCUT2D eigenvalue weighted by molar-refractivity contribution is 8.06. The lowest BCUT2D eigenvalue weighted by molar-refractivity contribution is -0.136. The quantitative estimate of drug-likeness (QED) is 0.897. The second-order valence-electron chi connectivity index (χ2n) is 5.10. The molecule has 0 radical (unpaired) electrons. The van der Waals surface area contributed by atoms with Crippen molar-refractivity contribution in [3.63, 3.8) is 0 Å². The zero-order valence-electron chi connectivity index (χ0n) is 12.8. The second kappa shape index (κ2) is 7.49. The first-order valence-corrected chi connectivity index (χ1v) is 9.50. The zero-order valence-corrected chi connectivity index (χ0v) is 14.4. The summed E-state index contributed by atoms with van der Waals surface area (Å²) in [6.45, 7) is 6.29. The predicted molar refractivity (Wildman–Crippen MR) is 89.2 cm³/mol. The fraction of sp³-hybridized carbons (Fsp3) is 0.667. The number of aryl methyl sites for hydroxylation is 2. The molecule has 1 aliphatic rings. The number of rotatable bonds is 5. The van der Waals surface area contributed by atoms with E-state index in [0.29, 0.717) is 10.5 Å². The van der Waals surface area contributed by atoms with Gasteiger partial charge in [-0.2, -0.15) is 11.8 Å². The fourth-order valence-corrected chi connectivity index (χ4v) is 5.28. The van der Waals surface area contributed by atoms with Crippen molar-refractivity contribution >= 4 is 29.5 Å². The van der Waals surface area contributed by atoms with E-state index in [1.807, 2.05) is 37.4 Å². The van der Waals surface area contributed by atoms with E-state index >= 15 is 0 Å². The molecule has 0 aromatic carbocycles. The standard InChI is InChI=1S/C15H22N2O2S2/c1-4-11-10(8-13(18)19)12(5-2)17-15(16-11)14-9(3)20-6-7-21-14/h9,14H,4-8H2,1-3H3,(H,18,19). The Hall–Kier alpha value is -0.750. The highest BCUT2D eigenvalue weighted by atomic mass is 32.2. The first-order chi connectivity index (χ1) is 10.1. The average molecular weight is 326 g/mol. The molecule has 2 rings (SSSR count). The Morgan fingerprint density at radius 2 is 1.76 bits per heavy atom. The van der Waals surface area contributed by atoms with Gasteiger partial charge in [-0.3, -0.25) is 4.79 Å². The van der Waals surface area contributed by atoms with Crippen LogP contribution >= 0.6 is 23.5 Å². The van der Waals surface area contributed by atoms with E-state index in [1.54, 1.807) is 0 Å².